The summed E-state index contributed by atoms with van der Waals surface area (Å²) in [5.41, 5.74) is 1.64. The van der Waals surface area contributed by atoms with Crippen molar-refractivity contribution in [3.8, 4) is 0 Å². The van der Waals surface area contributed by atoms with Gasteiger partial charge in [-0.2, -0.15) is 0 Å². The van der Waals surface area contributed by atoms with Crippen LogP contribution in [0.25, 0.3) is 0 Å². The van der Waals surface area contributed by atoms with Gasteiger partial charge in [0.2, 0.25) is 11.8 Å². The molecule has 6 nitrogen and oxygen atoms in total. The monoisotopic (exact) mass is 448 g/mol. The fraction of sp³-hybridized carbons (Fsp3) is 0.333. The van der Waals surface area contributed by atoms with E-state index >= 15 is 0 Å². The zero-order valence-electron chi connectivity index (χ0n) is 16.3. The molecule has 0 spiro atoms. The fourth-order valence-electron chi connectivity index (χ4n) is 3.57. The minimum Gasteiger partial charge on any atom is -0.351 e. The Balaban J connectivity index is 1.34. The van der Waals surface area contributed by atoms with Crippen LogP contribution in [0.5, 0.6) is 0 Å². The first-order valence-corrected chi connectivity index (χ1v) is 10.8. The highest BCUT2D eigenvalue weighted by Gasteiger charge is 2.42. The molecule has 2 aromatic carbocycles. The van der Waals surface area contributed by atoms with Crippen LogP contribution in [0.4, 0.5) is 10.1 Å². The van der Waals surface area contributed by atoms with Crippen molar-refractivity contribution < 1.29 is 14.0 Å². The van der Waals surface area contributed by atoms with Crippen molar-refractivity contribution in [2.75, 3.05) is 12.4 Å². The lowest BCUT2D eigenvalue weighted by atomic mass is 10.1. The van der Waals surface area contributed by atoms with Crippen LogP contribution >= 0.6 is 23.7 Å². The average molecular weight is 449 g/mol. The first-order chi connectivity index (χ1) is 14.4. The van der Waals surface area contributed by atoms with E-state index in [1.165, 1.54) is 35.9 Å². The van der Waals surface area contributed by atoms with Crippen molar-refractivity contribution in [3.63, 3.8) is 0 Å². The number of hydrogen-bond donors (Lipinski definition) is 3. The van der Waals surface area contributed by atoms with Gasteiger partial charge in [-0.3, -0.25) is 9.59 Å². The molecule has 3 N–H and O–H groups in total. The molecule has 158 valence electrons. The van der Waals surface area contributed by atoms with Gasteiger partial charge in [0.15, 0.2) is 0 Å². The zero-order chi connectivity index (χ0) is 21.3. The second kappa shape index (κ2) is 8.93. The van der Waals surface area contributed by atoms with Crippen LogP contribution in [-0.4, -0.2) is 41.3 Å². The lowest BCUT2D eigenvalue weighted by molar-refractivity contribution is -0.124. The normalized spacial score (nSPS) is 26.1. The number of hydrogen-bond acceptors (Lipinski definition) is 5. The SMILES string of the molecule is CN1SNC(C(=O)NC2CC2c2ccccc2)CC1C(=O)Nc1ccc(F)c(Cl)c1. The van der Waals surface area contributed by atoms with Crippen LogP contribution in [0, 0.1) is 5.82 Å². The molecule has 1 saturated heterocycles. The van der Waals surface area contributed by atoms with Crippen LogP contribution in [0.3, 0.4) is 0 Å². The molecule has 4 unspecified atom stereocenters. The van der Waals surface area contributed by atoms with Gasteiger partial charge in [0.1, 0.15) is 11.9 Å². The number of nitrogens with one attached hydrogen (secondary N) is 3. The van der Waals surface area contributed by atoms with E-state index in [9.17, 15) is 14.0 Å². The second-order valence-electron chi connectivity index (χ2n) is 7.55. The van der Waals surface area contributed by atoms with Crippen molar-refractivity contribution in [2.24, 2.45) is 0 Å². The minimum atomic E-state index is -0.546. The molecule has 2 aliphatic rings. The minimum absolute atomic E-state index is 0.0597. The topological polar surface area (TPSA) is 73.5 Å². The predicted molar refractivity (Wildman–Crippen MR) is 116 cm³/mol. The molecule has 4 rings (SSSR count). The predicted octanol–water partition coefficient (Wildman–Crippen LogP) is 3.32. The highest BCUT2D eigenvalue weighted by Crippen LogP contribution is 2.40. The average Bonchev–Trinajstić information content (AvgIpc) is 3.50. The van der Waals surface area contributed by atoms with Gasteiger partial charge in [-0.1, -0.05) is 41.9 Å². The summed E-state index contributed by atoms with van der Waals surface area (Å²) in [5.74, 6) is -0.589. The van der Waals surface area contributed by atoms with Gasteiger partial charge in [-0.05, 0) is 43.7 Å². The van der Waals surface area contributed by atoms with Crippen LogP contribution in [0.15, 0.2) is 48.5 Å². The number of anilines is 1. The highest BCUT2D eigenvalue weighted by atomic mass is 35.5. The summed E-state index contributed by atoms with van der Waals surface area (Å²) in [4.78, 5) is 25.5. The van der Waals surface area contributed by atoms with Crippen molar-refractivity contribution in [3.05, 3.63) is 64.9 Å². The molecule has 1 saturated carbocycles. The summed E-state index contributed by atoms with van der Waals surface area (Å²) in [7, 11) is 1.78. The van der Waals surface area contributed by atoms with E-state index in [1.807, 2.05) is 18.2 Å². The van der Waals surface area contributed by atoms with Crippen LogP contribution in [0.1, 0.15) is 24.3 Å². The molecule has 4 atom stereocenters. The molecule has 0 bridgehead atoms. The summed E-state index contributed by atoms with van der Waals surface area (Å²) in [6.07, 6.45) is 1.24. The lowest BCUT2D eigenvalue weighted by Gasteiger charge is -2.34. The Hall–Kier alpha value is -2.13. The van der Waals surface area contributed by atoms with Gasteiger partial charge in [0, 0.05) is 29.8 Å². The third kappa shape index (κ3) is 4.78. The molecule has 1 aliphatic heterocycles. The Morgan fingerprint density at radius 1 is 1.17 bits per heavy atom. The third-order valence-corrected chi connectivity index (χ3v) is 6.61. The van der Waals surface area contributed by atoms with Gasteiger partial charge in [0.25, 0.3) is 0 Å². The van der Waals surface area contributed by atoms with E-state index in [0.29, 0.717) is 18.0 Å². The number of rotatable bonds is 5. The molecular formula is C21H22ClFN4O2S. The Labute approximate surface area is 183 Å². The van der Waals surface area contributed by atoms with Crippen LogP contribution < -0.4 is 15.4 Å². The van der Waals surface area contributed by atoms with Crippen LogP contribution in [-0.2, 0) is 9.59 Å². The van der Waals surface area contributed by atoms with Crippen molar-refractivity contribution in [1.29, 1.82) is 0 Å². The molecule has 0 radical (unpaired) electrons. The highest BCUT2D eigenvalue weighted by molar-refractivity contribution is 7.95. The zero-order valence-corrected chi connectivity index (χ0v) is 17.8. The number of likely N-dealkylation sites (N-methyl/N-ethyl adjacent to an activating group) is 1. The van der Waals surface area contributed by atoms with Gasteiger partial charge in [-0.15, -0.1) is 0 Å². The van der Waals surface area contributed by atoms with Gasteiger partial charge >= 0.3 is 0 Å². The standard InChI is InChI=1S/C21H22ClFN4O2S/c1-27-19(21(29)24-13-7-8-16(23)15(22)9-13)11-18(26-30-27)20(28)25-17-10-14(17)12-5-3-2-4-6-12/h2-9,14,17-19,26H,10-11H2,1H3,(H,24,29)(H,25,28). The third-order valence-electron chi connectivity index (χ3n) is 5.39. The Morgan fingerprint density at radius 2 is 1.93 bits per heavy atom. The van der Waals surface area contributed by atoms with E-state index in [4.69, 9.17) is 11.6 Å². The van der Waals surface area contributed by atoms with Crippen molar-refractivity contribution in [1.82, 2.24) is 14.3 Å². The van der Waals surface area contributed by atoms with E-state index in [0.717, 1.165) is 6.42 Å². The first-order valence-electron chi connectivity index (χ1n) is 9.69. The van der Waals surface area contributed by atoms with Gasteiger partial charge < -0.3 is 10.6 Å². The Kier molecular flexibility index (Phi) is 6.29. The number of nitrogens with zero attached hydrogens (tertiary/aromatic N) is 1. The molecule has 9 heteroatoms. The Bertz CT molecular complexity index is 948. The largest absolute Gasteiger partial charge is 0.351 e. The maximum absolute atomic E-state index is 13.3. The Morgan fingerprint density at radius 3 is 2.67 bits per heavy atom. The summed E-state index contributed by atoms with van der Waals surface area (Å²) < 4.78 is 18.2. The fourth-order valence-corrected chi connectivity index (χ4v) is 4.56. The number of benzene rings is 2. The van der Waals surface area contributed by atoms with Crippen molar-refractivity contribution in [2.45, 2.75) is 36.9 Å². The number of carbonyl (C=O) groups excluding carboxylic acids is 2. The molecule has 2 fully saturated rings. The number of amides is 2. The number of carbonyl (C=O) groups is 2. The van der Waals surface area contributed by atoms with Crippen molar-refractivity contribution >= 4 is 41.2 Å². The molecule has 30 heavy (non-hydrogen) atoms. The van der Waals surface area contributed by atoms with Crippen LogP contribution in [0.2, 0.25) is 5.02 Å². The summed E-state index contributed by atoms with van der Waals surface area (Å²) in [6, 6.07) is 13.2. The van der Waals surface area contributed by atoms with Gasteiger partial charge in [-0.25, -0.2) is 13.4 Å². The number of halogens is 2. The molecule has 2 aromatic rings. The first kappa shape index (κ1) is 21.1. The quantitative estimate of drug-likeness (QED) is 0.612. The molecule has 2 amide bonds. The molecular weight excluding hydrogens is 427 g/mol. The van der Waals surface area contributed by atoms with E-state index in [-0.39, 0.29) is 22.9 Å². The lowest BCUT2D eigenvalue weighted by Crippen LogP contribution is -2.54. The van der Waals surface area contributed by atoms with E-state index < -0.39 is 17.9 Å². The van der Waals surface area contributed by atoms with E-state index in [1.54, 1.807) is 11.4 Å². The van der Waals surface area contributed by atoms with E-state index in [2.05, 4.69) is 27.5 Å². The van der Waals surface area contributed by atoms with Gasteiger partial charge in [0.05, 0.1) is 11.1 Å². The second-order valence-corrected chi connectivity index (χ2v) is 8.95. The maximum Gasteiger partial charge on any atom is 0.242 e. The molecule has 1 aliphatic carbocycles. The molecule has 1 heterocycles. The summed E-state index contributed by atoms with van der Waals surface area (Å²) >= 11 is 7.01. The summed E-state index contributed by atoms with van der Waals surface area (Å²) in [6.45, 7) is 0. The smallest absolute Gasteiger partial charge is 0.242 e. The maximum atomic E-state index is 13.3. The molecule has 0 aromatic heterocycles. The summed E-state index contributed by atoms with van der Waals surface area (Å²) in [5, 5.41) is 5.77.